The molecule has 27 heavy (non-hydrogen) atoms. The van der Waals surface area contributed by atoms with Gasteiger partial charge in [0.15, 0.2) is 0 Å². The number of imidazole rings is 1. The lowest BCUT2D eigenvalue weighted by atomic mass is 10.0. The third-order valence-corrected chi connectivity index (χ3v) is 4.53. The lowest BCUT2D eigenvalue weighted by molar-refractivity contribution is -0.138. The van der Waals surface area contributed by atoms with Crippen molar-refractivity contribution < 1.29 is 22.7 Å². The van der Waals surface area contributed by atoms with Crippen molar-refractivity contribution >= 4 is 23.2 Å². The molecular formula is C19H16ClF3N2O2. The van der Waals surface area contributed by atoms with Crippen LogP contribution in [0.15, 0.2) is 36.5 Å². The molecule has 3 aromatic rings. The maximum atomic E-state index is 13.4. The maximum absolute atomic E-state index is 13.4. The maximum Gasteiger partial charge on any atom is 0.416 e. The van der Waals surface area contributed by atoms with Gasteiger partial charge in [0.05, 0.1) is 23.9 Å². The molecular weight excluding hydrogens is 381 g/mol. The molecule has 0 unspecified atom stereocenters. The molecule has 0 spiro atoms. The fourth-order valence-corrected chi connectivity index (χ4v) is 3.22. The highest BCUT2D eigenvalue weighted by atomic mass is 35.5. The Hall–Kier alpha value is -2.54. The van der Waals surface area contributed by atoms with E-state index in [4.69, 9.17) is 16.3 Å². The Kier molecular flexibility index (Phi) is 5.15. The number of fused-ring (bicyclic) bond motifs is 1. The van der Waals surface area contributed by atoms with E-state index < -0.39 is 17.7 Å². The van der Waals surface area contributed by atoms with E-state index >= 15 is 0 Å². The second kappa shape index (κ2) is 7.23. The molecule has 1 aromatic carbocycles. The Morgan fingerprint density at radius 2 is 2.00 bits per heavy atom. The molecule has 142 valence electrons. The first-order valence-corrected chi connectivity index (χ1v) is 8.56. The van der Waals surface area contributed by atoms with E-state index in [9.17, 15) is 18.0 Å². The number of benzene rings is 1. The molecule has 0 amide bonds. The van der Waals surface area contributed by atoms with E-state index in [1.807, 2.05) is 6.92 Å². The van der Waals surface area contributed by atoms with Gasteiger partial charge in [0.25, 0.3) is 0 Å². The molecule has 0 atom stereocenters. The molecule has 0 saturated carbocycles. The van der Waals surface area contributed by atoms with Crippen LogP contribution in [-0.4, -0.2) is 22.5 Å². The van der Waals surface area contributed by atoms with Crippen molar-refractivity contribution in [1.82, 2.24) is 9.38 Å². The van der Waals surface area contributed by atoms with Gasteiger partial charge in [-0.05, 0) is 36.2 Å². The fraction of sp³-hybridized carbons (Fsp3) is 0.263. The summed E-state index contributed by atoms with van der Waals surface area (Å²) in [6, 6.07) is 6.87. The average molecular weight is 397 g/mol. The summed E-state index contributed by atoms with van der Waals surface area (Å²) in [7, 11) is 1.28. The molecule has 2 aromatic heterocycles. The summed E-state index contributed by atoms with van der Waals surface area (Å²) in [5.74, 6) is -0.503. The predicted molar refractivity (Wildman–Crippen MR) is 95.2 cm³/mol. The lowest BCUT2D eigenvalue weighted by Gasteiger charge is -2.13. The van der Waals surface area contributed by atoms with Gasteiger partial charge in [-0.1, -0.05) is 24.6 Å². The van der Waals surface area contributed by atoms with Gasteiger partial charge >= 0.3 is 12.1 Å². The highest BCUT2D eigenvalue weighted by molar-refractivity contribution is 6.30. The monoisotopic (exact) mass is 396 g/mol. The predicted octanol–water partition coefficient (Wildman–Crippen LogP) is 4.95. The van der Waals surface area contributed by atoms with E-state index in [-0.39, 0.29) is 17.0 Å². The number of rotatable bonds is 4. The molecule has 0 fully saturated rings. The fourth-order valence-electron chi connectivity index (χ4n) is 3.05. The normalized spacial score (nSPS) is 11.8. The molecule has 0 bridgehead atoms. The van der Waals surface area contributed by atoms with Gasteiger partial charge in [0.1, 0.15) is 5.65 Å². The third-order valence-electron chi connectivity index (χ3n) is 4.30. The first-order chi connectivity index (χ1) is 12.7. The standard InChI is InChI=1S/C19H16ClF3N2O2/c1-3-16-15(8-11-4-5-13(20)10-14(11)19(21,22)23)24-17-9-12(18(26)27-2)6-7-25(16)17/h4-7,9-10H,3,8H2,1-2H3. The zero-order valence-corrected chi connectivity index (χ0v) is 15.4. The molecule has 3 rings (SSSR count). The number of ether oxygens (including phenoxy) is 1. The van der Waals surface area contributed by atoms with Crippen LogP contribution in [0.3, 0.4) is 0 Å². The van der Waals surface area contributed by atoms with Crippen molar-refractivity contribution in [3.8, 4) is 0 Å². The number of carbonyl (C=O) groups is 1. The molecule has 0 radical (unpaired) electrons. The SMILES string of the molecule is CCc1c(Cc2ccc(Cl)cc2C(F)(F)F)nc2cc(C(=O)OC)ccn12. The van der Waals surface area contributed by atoms with Crippen LogP contribution in [0.1, 0.15) is 39.8 Å². The van der Waals surface area contributed by atoms with Crippen molar-refractivity contribution in [3.05, 3.63) is 69.6 Å². The van der Waals surface area contributed by atoms with Gasteiger partial charge in [-0.2, -0.15) is 13.2 Å². The number of halogens is 4. The second-order valence-corrected chi connectivity index (χ2v) is 6.41. The summed E-state index contributed by atoms with van der Waals surface area (Å²) < 4.78 is 46.6. The lowest BCUT2D eigenvalue weighted by Crippen LogP contribution is -2.10. The Balaban J connectivity index is 2.09. The zero-order chi connectivity index (χ0) is 19.8. The Morgan fingerprint density at radius 3 is 2.63 bits per heavy atom. The van der Waals surface area contributed by atoms with Crippen LogP contribution in [0, 0.1) is 0 Å². The topological polar surface area (TPSA) is 43.6 Å². The Morgan fingerprint density at radius 1 is 1.26 bits per heavy atom. The summed E-state index contributed by atoms with van der Waals surface area (Å²) in [5, 5.41) is 0.0273. The molecule has 8 heteroatoms. The number of carbonyl (C=O) groups excluding carboxylic acids is 1. The minimum Gasteiger partial charge on any atom is -0.465 e. The molecule has 0 aliphatic carbocycles. The molecule has 0 aliphatic rings. The Bertz CT molecular complexity index is 1010. The van der Waals surface area contributed by atoms with Crippen molar-refractivity contribution in [2.75, 3.05) is 7.11 Å². The van der Waals surface area contributed by atoms with Crippen LogP contribution in [0.5, 0.6) is 0 Å². The van der Waals surface area contributed by atoms with E-state index in [2.05, 4.69) is 4.98 Å². The summed E-state index contributed by atoms with van der Waals surface area (Å²) in [6.45, 7) is 1.90. The van der Waals surface area contributed by atoms with Crippen molar-refractivity contribution in [2.24, 2.45) is 0 Å². The van der Waals surface area contributed by atoms with Crippen molar-refractivity contribution in [1.29, 1.82) is 0 Å². The molecule has 0 N–H and O–H groups in total. The highest BCUT2D eigenvalue weighted by Gasteiger charge is 2.33. The highest BCUT2D eigenvalue weighted by Crippen LogP contribution is 2.35. The third kappa shape index (κ3) is 3.78. The minimum atomic E-state index is -4.51. The number of aromatic nitrogens is 2. The number of aryl methyl sites for hydroxylation is 1. The van der Waals surface area contributed by atoms with Gasteiger partial charge in [0.2, 0.25) is 0 Å². The van der Waals surface area contributed by atoms with Crippen molar-refractivity contribution in [2.45, 2.75) is 25.9 Å². The van der Waals surface area contributed by atoms with Crippen LogP contribution in [0.4, 0.5) is 13.2 Å². The van der Waals surface area contributed by atoms with Crippen molar-refractivity contribution in [3.63, 3.8) is 0 Å². The average Bonchev–Trinajstić information content (AvgIpc) is 2.97. The van der Waals surface area contributed by atoms with Crippen LogP contribution < -0.4 is 0 Å². The summed E-state index contributed by atoms with van der Waals surface area (Å²) >= 11 is 5.75. The number of nitrogens with zero attached hydrogens (tertiary/aromatic N) is 2. The Labute approximate surface area is 158 Å². The van der Waals surface area contributed by atoms with E-state index in [1.165, 1.54) is 19.2 Å². The number of methoxy groups -OCH3 is 1. The van der Waals surface area contributed by atoms with Gasteiger partial charge in [-0.25, -0.2) is 9.78 Å². The van der Waals surface area contributed by atoms with Crippen LogP contribution in [-0.2, 0) is 23.8 Å². The molecule has 2 heterocycles. The first-order valence-electron chi connectivity index (χ1n) is 8.18. The molecule has 4 nitrogen and oxygen atoms in total. The number of pyridine rings is 1. The van der Waals surface area contributed by atoms with Crippen LogP contribution in [0.25, 0.3) is 5.65 Å². The van der Waals surface area contributed by atoms with Gasteiger partial charge in [0, 0.05) is 23.3 Å². The summed E-state index contributed by atoms with van der Waals surface area (Å²) in [6.07, 6.45) is -2.26. The zero-order valence-electron chi connectivity index (χ0n) is 14.6. The van der Waals surface area contributed by atoms with Gasteiger partial charge in [-0.3, -0.25) is 0 Å². The molecule has 0 saturated heterocycles. The van der Waals surface area contributed by atoms with E-state index in [0.717, 1.165) is 11.8 Å². The number of hydrogen-bond acceptors (Lipinski definition) is 3. The summed E-state index contributed by atoms with van der Waals surface area (Å²) in [4.78, 5) is 16.2. The number of esters is 1. The quantitative estimate of drug-likeness (QED) is 0.586. The molecule has 0 aliphatic heterocycles. The number of hydrogen-bond donors (Lipinski definition) is 0. The number of alkyl halides is 3. The second-order valence-electron chi connectivity index (χ2n) is 5.97. The van der Waals surface area contributed by atoms with E-state index in [0.29, 0.717) is 23.3 Å². The smallest absolute Gasteiger partial charge is 0.416 e. The summed E-state index contributed by atoms with van der Waals surface area (Å²) in [5.41, 5.74) is 1.43. The van der Waals surface area contributed by atoms with Crippen LogP contribution >= 0.6 is 11.6 Å². The minimum absolute atomic E-state index is 0.00439. The van der Waals surface area contributed by atoms with Crippen LogP contribution in [0.2, 0.25) is 5.02 Å². The van der Waals surface area contributed by atoms with Gasteiger partial charge < -0.3 is 9.14 Å². The van der Waals surface area contributed by atoms with E-state index in [1.54, 1.807) is 22.7 Å². The van der Waals surface area contributed by atoms with Gasteiger partial charge in [-0.15, -0.1) is 0 Å². The first kappa shape index (κ1) is 19.2. The largest absolute Gasteiger partial charge is 0.465 e.